The number of anilines is 1. The van der Waals surface area contributed by atoms with E-state index < -0.39 is 17.6 Å². The molecule has 154 valence electrons. The van der Waals surface area contributed by atoms with Gasteiger partial charge in [-0.3, -0.25) is 9.48 Å². The van der Waals surface area contributed by atoms with Gasteiger partial charge in [0.25, 0.3) is 5.91 Å². The molecule has 9 heteroatoms. The van der Waals surface area contributed by atoms with Crippen LogP contribution in [0.1, 0.15) is 21.5 Å². The summed E-state index contributed by atoms with van der Waals surface area (Å²) in [4.78, 5) is 13.4. The third-order valence-electron chi connectivity index (χ3n) is 4.73. The highest BCUT2D eigenvalue weighted by molar-refractivity contribution is 7.22. The van der Waals surface area contributed by atoms with E-state index in [1.54, 1.807) is 24.5 Å². The maximum absolute atomic E-state index is 12.7. The van der Waals surface area contributed by atoms with Crippen molar-refractivity contribution in [3.8, 4) is 10.6 Å². The second kappa shape index (κ2) is 7.45. The molecule has 0 saturated heterocycles. The summed E-state index contributed by atoms with van der Waals surface area (Å²) in [7, 11) is 1.69. The number of fused-ring (bicyclic) bond motifs is 1. The van der Waals surface area contributed by atoms with Crippen LogP contribution in [0.25, 0.3) is 20.7 Å². The lowest BCUT2D eigenvalue weighted by Gasteiger charge is -2.08. The normalized spacial score (nSPS) is 11.8. The lowest BCUT2D eigenvalue weighted by atomic mass is 10.1. The van der Waals surface area contributed by atoms with E-state index in [1.165, 1.54) is 4.68 Å². The Kier molecular flexibility index (Phi) is 5.07. The van der Waals surface area contributed by atoms with Crippen LogP contribution in [0.2, 0.25) is 5.02 Å². The molecular weight excluding hydrogens is 435 g/mol. The molecule has 1 N–H and O–H groups in total. The highest BCUT2D eigenvalue weighted by Gasteiger charge is 2.30. The molecule has 0 radical (unpaired) electrons. The van der Waals surface area contributed by atoms with Crippen LogP contribution < -0.4 is 5.32 Å². The second-order valence-corrected chi connectivity index (χ2v) is 8.25. The van der Waals surface area contributed by atoms with Crippen LogP contribution in [0, 0.1) is 6.92 Å². The molecule has 2 aromatic heterocycles. The summed E-state index contributed by atoms with van der Waals surface area (Å²) in [5, 5.41) is 8.88. The standard InChI is InChI=1S/C21H15ClF3N3OS/c1-11-15-9-14(22)7-8-17(15)30-19(11)16-10-18(28(2)27-16)26-20(29)12-3-5-13(6-4-12)21(23,24)25/h3-10H,1-2H3,(H,26,29). The van der Waals surface area contributed by atoms with Crippen LogP contribution in [0.5, 0.6) is 0 Å². The lowest BCUT2D eigenvalue weighted by molar-refractivity contribution is -0.137. The van der Waals surface area contributed by atoms with Crippen molar-refractivity contribution in [2.75, 3.05) is 5.32 Å². The number of rotatable bonds is 3. The third kappa shape index (κ3) is 3.80. The highest BCUT2D eigenvalue weighted by atomic mass is 35.5. The maximum atomic E-state index is 12.7. The number of benzene rings is 2. The number of hydrogen-bond acceptors (Lipinski definition) is 3. The van der Waals surface area contributed by atoms with Crippen LogP contribution in [0.4, 0.5) is 19.0 Å². The van der Waals surface area contributed by atoms with Gasteiger partial charge in [0.05, 0.1) is 10.4 Å². The van der Waals surface area contributed by atoms with Crippen molar-refractivity contribution in [2.45, 2.75) is 13.1 Å². The zero-order valence-electron chi connectivity index (χ0n) is 15.8. The molecule has 0 saturated carbocycles. The molecule has 30 heavy (non-hydrogen) atoms. The van der Waals surface area contributed by atoms with Gasteiger partial charge in [-0.1, -0.05) is 11.6 Å². The average Bonchev–Trinajstić information content (AvgIpc) is 3.21. The summed E-state index contributed by atoms with van der Waals surface area (Å²) >= 11 is 7.67. The smallest absolute Gasteiger partial charge is 0.307 e. The molecule has 0 bridgehead atoms. The number of amides is 1. The number of aromatic nitrogens is 2. The fraction of sp³-hybridized carbons (Fsp3) is 0.143. The summed E-state index contributed by atoms with van der Waals surface area (Å²) in [6.45, 7) is 1.99. The van der Waals surface area contributed by atoms with Gasteiger partial charge in [0.15, 0.2) is 0 Å². The quantitative estimate of drug-likeness (QED) is 0.386. The van der Waals surface area contributed by atoms with Crippen LogP contribution >= 0.6 is 22.9 Å². The van der Waals surface area contributed by atoms with Crippen LogP contribution in [0.15, 0.2) is 48.5 Å². The molecule has 4 rings (SSSR count). The average molecular weight is 450 g/mol. The molecule has 4 aromatic rings. The Morgan fingerprint density at radius 1 is 1.13 bits per heavy atom. The summed E-state index contributed by atoms with van der Waals surface area (Å²) in [5.41, 5.74) is 1.05. The van der Waals surface area contributed by atoms with Crippen molar-refractivity contribution in [1.29, 1.82) is 0 Å². The van der Waals surface area contributed by atoms with E-state index in [9.17, 15) is 18.0 Å². The zero-order chi connectivity index (χ0) is 21.6. The summed E-state index contributed by atoms with van der Waals surface area (Å²) in [5.74, 6) is -0.0806. The van der Waals surface area contributed by atoms with E-state index in [1.807, 2.05) is 25.1 Å². The predicted octanol–water partition coefficient (Wildman–Crippen LogP) is 6.53. The van der Waals surface area contributed by atoms with Crippen molar-refractivity contribution >= 4 is 44.7 Å². The summed E-state index contributed by atoms with van der Waals surface area (Å²) in [6, 6.07) is 11.5. The Balaban J connectivity index is 1.60. The Morgan fingerprint density at radius 2 is 1.83 bits per heavy atom. The first kappa shape index (κ1) is 20.4. The molecule has 2 aromatic carbocycles. The number of nitrogens with one attached hydrogen (secondary N) is 1. The first-order valence-corrected chi connectivity index (χ1v) is 10.0. The van der Waals surface area contributed by atoms with Crippen molar-refractivity contribution in [3.05, 3.63) is 70.2 Å². The van der Waals surface area contributed by atoms with E-state index in [0.29, 0.717) is 16.5 Å². The molecule has 2 heterocycles. The van der Waals surface area contributed by atoms with Gasteiger partial charge in [0.2, 0.25) is 0 Å². The monoisotopic (exact) mass is 449 g/mol. The molecule has 0 fully saturated rings. The first-order valence-electron chi connectivity index (χ1n) is 8.85. The van der Waals surface area contributed by atoms with E-state index >= 15 is 0 Å². The second-order valence-electron chi connectivity index (χ2n) is 6.76. The fourth-order valence-corrected chi connectivity index (χ4v) is 4.45. The van der Waals surface area contributed by atoms with Gasteiger partial charge >= 0.3 is 6.18 Å². The van der Waals surface area contributed by atoms with E-state index in [2.05, 4.69) is 10.4 Å². The SMILES string of the molecule is Cc1c(-c2cc(NC(=O)c3ccc(C(F)(F)F)cc3)n(C)n2)sc2ccc(Cl)cc12. The molecule has 0 aliphatic heterocycles. The Bertz CT molecular complexity index is 1260. The van der Waals surface area contributed by atoms with Gasteiger partial charge in [0.1, 0.15) is 11.5 Å². The number of nitrogens with zero attached hydrogens (tertiary/aromatic N) is 2. The number of aryl methyl sites for hydroxylation is 2. The summed E-state index contributed by atoms with van der Waals surface area (Å²) < 4.78 is 40.7. The maximum Gasteiger partial charge on any atom is 0.416 e. The van der Waals surface area contributed by atoms with Gasteiger partial charge in [-0.2, -0.15) is 18.3 Å². The molecule has 0 spiro atoms. The Hall–Kier alpha value is -2.84. The number of hydrogen-bond donors (Lipinski definition) is 1. The predicted molar refractivity (Wildman–Crippen MR) is 113 cm³/mol. The molecule has 0 aliphatic rings. The molecule has 0 unspecified atom stereocenters. The van der Waals surface area contributed by atoms with Crippen molar-refractivity contribution in [2.24, 2.45) is 7.05 Å². The summed E-state index contributed by atoms with van der Waals surface area (Å²) in [6.07, 6.45) is -4.45. The van der Waals surface area contributed by atoms with Crippen LogP contribution in [-0.4, -0.2) is 15.7 Å². The molecule has 4 nitrogen and oxygen atoms in total. The fourth-order valence-electron chi connectivity index (χ4n) is 3.13. The van der Waals surface area contributed by atoms with E-state index in [-0.39, 0.29) is 5.56 Å². The van der Waals surface area contributed by atoms with Crippen molar-refractivity contribution in [3.63, 3.8) is 0 Å². The zero-order valence-corrected chi connectivity index (χ0v) is 17.4. The Labute approximate surface area is 178 Å². The number of thiophene rings is 1. The number of carbonyl (C=O) groups excluding carboxylic acids is 1. The number of alkyl halides is 3. The van der Waals surface area contributed by atoms with Gasteiger partial charge < -0.3 is 5.32 Å². The van der Waals surface area contributed by atoms with Crippen molar-refractivity contribution in [1.82, 2.24) is 9.78 Å². The minimum atomic E-state index is -4.45. The minimum Gasteiger partial charge on any atom is -0.307 e. The molecular formula is C21H15ClF3N3OS. The van der Waals surface area contributed by atoms with E-state index in [4.69, 9.17) is 11.6 Å². The van der Waals surface area contributed by atoms with Crippen LogP contribution in [0.3, 0.4) is 0 Å². The topological polar surface area (TPSA) is 46.9 Å². The van der Waals surface area contributed by atoms with Gasteiger partial charge in [-0.05, 0) is 60.3 Å². The van der Waals surface area contributed by atoms with Gasteiger partial charge in [0, 0.05) is 28.4 Å². The van der Waals surface area contributed by atoms with Crippen molar-refractivity contribution < 1.29 is 18.0 Å². The lowest BCUT2D eigenvalue weighted by Crippen LogP contribution is -2.15. The Morgan fingerprint density at radius 3 is 2.50 bits per heavy atom. The molecule has 1 amide bonds. The number of halogens is 4. The molecule has 0 aliphatic carbocycles. The molecule has 0 atom stereocenters. The van der Waals surface area contributed by atoms with E-state index in [0.717, 1.165) is 44.8 Å². The van der Waals surface area contributed by atoms with Gasteiger partial charge in [-0.25, -0.2) is 0 Å². The third-order valence-corrected chi connectivity index (χ3v) is 6.26. The minimum absolute atomic E-state index is 0.124. The number of carbonyl (C=O) groups is 1. The van der Waals surface area contributed by atoms with Crippen LogP contribution in [-0.2, 0) is 13.2 Å². The highest BCUT2D eigenvalue weighted by Crippen LogP contribution is 2.39. The first-order chi connectivity index (χ1) is 14.1. The largest absolute Gasteiger partial charge is 0.416 e. The van der Waals surface area contributed by atoms with Gasteiger partial charge in [-0.15, -0.1) is 11.3 Å².